The maximum atomic E-state index is 9.70. The fourth-order valence-corrected chi connectivity index (χ4v) is 3.26. The number of hydrogen-bond acceptors (Lipinski definition) is 3. The topological polar surface area (TPSA) is 41.3 Å². The zero-order chi connectivity index (χ0) is 12.7. The molecule has 0 amide bonds. The van der Waals surface area contributed by atoms with E-state index >= 15 is 0 Å². The molecule has 0 radical (unpaired) electrons. The fourth-order valence-electron chi connectivity index (χ4n) is 3.26. The summed E-state index contributed by atoms with van der Waals surface area (Å²) in [6.45, 7) is 7.79. The van der Waals surface area contributed by atoms with Crippen LogP contribution in [0.5, 0.6) is 0 Å². The van der Waals surface area contributed by atoms with E-state index in [0.29, 0.717) is 12.0 Å². The first-order valence-electron chi connectivity index (χ1n) is 7.11. The molecular weight excluding hydrogens is 226 g/mol. The van der Waals surface area contributed by atoms with Gasteiger partial charge in [0.25, 0.3) is 0 Å². The quantitative estimate of drug-likeness (QED) is 0.861. The Morgan fingerprint density at radius 2 is 2.17 bits per heavy atom. The average molecular weight is 249 g/mol. The maximum Gasteiger partial charge on any atom is 0.113 e. The minimum atomic E-state index is -0.169. The van der Waals surface area contributed by atoms with E-state index in [9.17, 15) is 5.11 Å². The standard InChI is InChI=1S/C14H23N3O/c1-10(2)16-5-3-11(9-16)14-15-8-12-7-13(18)4-6-17(12)14/h8,10-11,13,18H,3-7,9H2,1-2H3. The summed E-state index contributed by atoms with van der Waals surface area (Å²) in [5.41, 5.74) is 1.21. The summed E-state index contributed by atoms with van der Waals surface area (Å²) < 4.78 is 2.35. The van der Waals surface area contributed by atoms with E-state index in [1.807, 2.05) is 6.20 Å². The second-order valence-corrected chi connectivity index (χ2v) is 5.98. The molecule has 0 saturated carbocycles. The van der Waals surface area contributed by atoms with E-state index in [1.165, 1.54) is 24.5 Å². The highest BCUT2D eigenvalue weighted by atomic mass is 16.3. The van der Waals surface area contributed by atoms with Gasteiger partial charge in [-0.25, -0.2) is 4.98 Å². The molecule has 100 valence electrons. The second kappa shape index (κ2) is 4.67. The van der Waals surface area contributed by atoms with E-state index in [4.69, 9.17) is 0 Å². The van der Waals surface area contributed by atoms with Crippen LogP contribution in [-0.4, -0.2) is 44.8 Å². The molecule has 3 rings (SSSR count). The number of likely N-dealkylation sites (tertiary alicyclic amines) is 1. The molecule has 1 aromatic heterocycles. The van der Waals surface area contributed by atoms with Gasteiger partial charge in [0, 0.05) is 43.4 Å². The van der Waals surface area contributed by atoms with Crippen LogP contribution in [0, 0.1) is 0 Å². The van der Waals surface area contributed by atoms with Crippen LogP contribution < -0.4 is 0 Å². The number of aliphatic hydroxyl groups is 1. The number of fused-ring (bicyclic) bond motifs is 1. The van der Waals surface area contributed by atoms with E-state index in [0.717, 1.165) is 25.9 Å². The van der Waals surface area contributed by atoms with Crippen molar-refractivity contribution >= 4 is 0 Å². The summed E-state index contributed by atoms with van der Waals surface area (Å²) in [6.07, 6.45) is 4.66. The Morgan fingerprint density at radius 1 is 1.33 bits per heavy atom. The van der Waals surface area contributed by atoms with Crippen LogP contribution in [0.2, 0.25) is 0 Å². The summed E-state index contributed by atoms with van der Waals surface area (Å²) in [7, 11) is 0. The second-order valence-electron chi connectivity index (χ2n) is 5.98. The van der Waals surface area contributed by atoms with Gasteiger partial charge in [0.1, 0.15) is 5.82 Å². The highest BCUT2D eigenvalue weighted by Crippen LogP contribution is 2.30. The highest BCUT2D eigenvalue weighted by Gasteiger charge is 2.30. The number of aliphatic hydroxyl groups excluding tert-OH is 1. The summed E-state index contributed by atoms with van der Waals surface area (Å²) in [5.74, 6) is 1.83. The molecule has 18 heavy (non-hydrogen) atoms. The van der Waals surface area contributed by atoms with E-state index in [2.05, 4.69) is 28.3 Å². The molecule has 0 bridgehead atoms. The van der Waals surface area contributed by atoms with Gasteiger partial charge < -0.3 is 14.6 Å². The summed E-state index contributed by atoms with van der Waals surface area (Å²) in [5, 5.41) is 9.70. The molecule has 0 spiro atoms. The predicted octanol–water partition coefficient (Wildman–Crippen LogP) is 1.39. The Hall–Kier alpha value is -0.870. The number of hydrogen-bond donors (Lipinski definition) is 1. The maximum absolute atomic E-state index is 9.70. The average Bonchev–Trinajstić information content (AvgIpc) is 2.92. The van der Waals surface area contributed by atoms with E-state index in [-0.39, 0.29) is 6.10 Å². The van der Waals surface area contributed by atoms with Crippen LogP contribution in [-0.2, 0) is 13.0 Å². The predicted molar refractivity (Wildman–Crippen MR) is 70.6 cm³/mol. The zero-order valence-corrected chi connectivity index (χ0v) is 11.3. The molecule has 2 aliphatic heterocycles. The van der Waals surface area contributed by atoms with Gasteiger partial charge in [-0.1, -0.05) is 0 Å². The molecule has 4 heteroatoms. The molecule has 4 nitrogen and oxygen atoms in total. The van der Waals surface area contributed by atoms with Crippen molar-refractivity contribution in [2.75, 3.05) is 13.1 Å². The first kappa shape index (κ1) is 12.2. The number of rotatable bonds is 2. The molecule has 1 saturated heterocycles. The Balaban J connectivity index is 1.78. The number of imidazole rings is 1. The van der Waals surface area contributed by atoms with Crippen LogP contribution in [0.3, 0.4) is 0 Å². The van der Waals surface area contributed by atoms with Crippen molar-refractivity contribution < 1.29 is 5.11 Å². The third kappa shape index (κ3) is 2.08. The van der Waals surface area contributed by atoms with E-state index in [1.54, 1.807) is 0 Å². The van der Waals surface area contributed by atoms with E-state index < -0.39 is 0 Å². The third-order valence-electron chi connectivity index (χ3n) is 4.41. The minimum absolute atomic E-state index is 0.169. The molecule has 3 heterocycles. The Bertz CT molecular complexity index is 427. The van der Waals surface area contributed by atoms with Crippen molar-refractivity contribution in [1.29, 1.82) is 0 Å². The Morgan fingerprint density at radius 3 is 2.89 bits per heavy atom. The van der Waals surface area contributed by atoms with Crippen LogP contribution in [0.25, 0.3) is 0 Å². The van der Waals surface area contributed by atoms with Crippen LogP contribution >= 0.6 is 0 Å². The smallest absolute Gasteiger partial charge is 0.113 e. The monoisotopic (exact) mass is 249 g/mol. The lowest BCUT2D eigenvalue weighted by Crippen LogP contribution is -2.29. The van der Waals surface area contributed by atoms with Crippen molar-refractivity contribution in [2.24, 2.45) is 0 Å². The molecule has 1 fully saturated rings. The van der Waals surface area contributed by atoms with Crippen molar-refractivity contribution in [2.45, 2.75) is 57.7 Å². The van der Waals surface area contributed by atoms with Gasteiger partial charge in [0.2, 0.25) is 0 Å². The normalized spacial score (nSPS) is 28.9. The van der Waals surface area contributed by atoms with Crippen molar-refractivity contribution in [3.63, 3.8) is 0 Å². The fraction of sp³-hybridized carbons (Fsp3) is 0.786. The molecule has 2 unspecified atom stereocenters. The van der Waals surface area contributed by atoms with Crippen molar-refractivity contribution in [1.82, 2.24) is 14.5 Å². The molecular formula is C14H23N3O. The Labute approximate surface area is 109 Å². The molecule has 1 aromatic rings. The highest BCUT2D eigenvalue weighted by molar-refractivity contribution is 5.14. The number of nitrogens with zero attached hydrogens (tertiary/aromatic N) is 3. The first-order valence-corrected chi connectivity index (χ1v) is 7.11. The Kier molecular flexibility index (Phi) is 3.16. The SMILES string of the molecule is CC(C)N1CCC(c2ncc3n2CCC(O)C3)C1. The van der Waals surface area contributed by atoms with Gasteiger partial charge in [-0.05, 0) is 33.2 Å². The van der Waals surface area contributed by atoms with Crippen LogP contribution in [0.1, 0.15) is 44.1 Å². The van der Waals surface area contributed by atoms with Gasteiger partial charge in [0.05, 0.1) is 6.10 Å². The van der Waals surface area contributed by atoms with Gasteiger partial charge >= 0.3 is 0 Å². The van der Waals surface area contributed by atoms with Crippen LogP contribution in [0.4, 0.5) is 0 Å². The summed E-state index contributed by atoms with van der Waals surface area (Å²) >= 11 is 0. The van der Waals surface area contributed by atoms with Gasteiger partial charge in [-0.15, -0.1) is 0 Å². The molecule has 1 N–H and O–H groups in total. The molecule has 2 atom stereocenters. The van der Waals surface area contributed by atoms with Crippen molar-refractivity contribution in [3.8, 4) is 0 Å². The van der Waals surface area contributed by atoms with Gasteiger partial charge in [0.15, 0.2) is 0 Å². The zero-order valence-electron chi connectivity index (χ0n) is 11.3. The molecule has 0 aliphatic carbocycles. The molecule has 2 aliphatic rings. The summed E-state index contributed by atoms with van der Waals surface area (Å²) in [6, 6.07) is 0.632. The largest absolute Gasteiger partial charge is 0.393 e. The lowest BCUT2D eigenvalue weighted by molar-refractivity contribution is 0.142. The lowest BCUT2D eigenvalue weighted by Gasteiger charge is -2.23. The third-order valence-corrected chi connectivity index (χ3v) is 4.41. The number of aromatic nitrogens is 2. The lowest BCUT2D eigenvalue weighted by atomic mass is 10.1. The van der Waals surface area contributed by atoms with Gasteiger partial charge in [-0.2, -0.15) is 0 Å². The summed E-state index contributed by atoms with van der Waals surface area (Å²) in [4.78, 5) is 7.16. The minimum Gasteiger partial charge on any atom is -0.393 e. The van der Waals surface area contributed by atoms with Gasteiger partial charge in [-0.3, -0.25) is 0 Å². The first-order chi connectivity index (χ1) is 8.65. The molecule has 0 aromatic carbocycles. The van der Waals surface area contributed by atoms with Crippen molar-refractivity contribution in [3.05, 3.63) is 17.7 Å². The van der Waals surface area contributed by atoms with Crippen LogP contribution in [0.15, 0.2) is 6.20 Å².